The van der Waals surface area contributed by atoms with Crippen LogP contribution in [0.25, 0.3) is 0 Å². The molecule has 1 rings (SSSR count). The Bertz CT molecular complexity index is 321. The van der Waals surface area contributed by atoms with Crippen LogP contribution in [-0.4, -0.2) is 23.8 Å². The van der Waals surface area contributed by atoms with E-state index in [4.69, 9.17) is 0 Å². The summed E-state index contributed by atoms with van der Waals surface area (Å²) in [7, 11) is 2.06. The quantitative estimate of drug-likeness (QED) is 0.737. The molecule has 3 nitrogen and oxygen atoms in total. The van der Waals surface area contributed by atoms with Crippen molar-refractivity contribution in [3.63, 3.8) is 0 Å². The number of rotatable bonds is 3. The fraction of sp³-hybridized carbons (Fsp3) is 0.636. The molecule has 0 unspecified atom stereocenters. The van der Waals surface area contributed by atoms with Crippen molar-refractivity contribution in [1.82, 2.24) is 10.2 Å². The summed E-state index contributed by atoms with van der Waals surface area (Å²) in [5.74, 6) is 1.01. The van der Waals surface area contributed by atoms with Crippen LogP contribution in [0.1, 0.15) is 30.2 Å². The lowest BCUT2D eigenvalue weighted by Crippen LogP contribution is -2.21. The van der Waals surface area contributed by atoms with Gasteiger partial charge in [0.1, 0.15) is 0 Å². The lowest BCUT2D eigenvalue weighted by Gasteiger charge is -2.19. The normalized spacial score (nSPS) is 10.4. The van der Waals surface area contributed by atoms with Gasteiger partial charge in [-0.1, -0.05) is 6.92 Å². The fourth-order valence-electron chi connectivity index (χ4n) is 1.52. The van der Waals surface area contributed by atoms with Crippen LogP contribution in [0.4, 0.5) is 5.82 Å². The van der Waals surface area contributed by atoms with Crippen LogP contribution in [0.5, 0.6) is 0 Å². The summed E-state index contributed by atoms with van der Waals surface area (Å²) >= 11 is 0. The van der Waals surface area contributed by atoms with Gasteiger partial charge in [0.05, 0.1) is 5.69 Å². The van der Waals surface area contributed by atoms with Gasteiger partial charge < -0.3 is 4.90 Å². The predicted octanol–water partition coefficient (Wildman–Crippen LogP) is 2.25. The van der Waals surface area contributed by atoms with Crippen LogP contribution < -0.4 is 4.90 Å². The lowest BCUT2D eigenvalue weighted by atomic mass is 10.1. The molecule has 0 spiro atoms. The van der Waals surface area contributed by atoms with E-state index in [1.54, 1.807) is 0 Å². The first-order valence-corrected chi connectivity index (χ1v) is 5.09. The highest BCUT2D eigenvalue weighted by Gasteiger charge is 2.09. The minimum absolute atomic E-state index is 1.01. The monoisotopic (exact) mass is 193 g/mol. The van der Waals surface area contributed by atoms with E-state index in [9.17, 15) is 0 Å². The van der Waals surface area contributed by atoms with E-state index in [-0.39, 0.29) is 0 Å². The third-order valence-corrected chi connectivity index (χ3v) is 2.66. The van der Waals surface area contributed by atoms with Crippen LogP contribution in [0.3, 0.4) is 0 Å². The second-order valence-electron chi connectivity index (χ2n) is 3.78. The summed E-state index contributed by atoms with van der Waals surface area (Å²) in [5.41, 5.74) is 3.52. The van der Waals surface area contributed by atoms with Gasteiger partial charge in [-0.05, 0) is 38.3 Å². The average molecular weight is 193 g/mol. The summed E-state index contributed by atoms with van der Waals surface area (Å²) in [6.45, 7) is 9.40. The molecule has 78 valence electrons. The predicted molar refractivity (Wildman–Crippen MR) is 59.8 cm³/mol. The van der Waals surface area contributed by atoms with E-state index in [1.165, 1.54) is 11.1 Å². The zero-order valence-electron chi connectivity index (χ0n) is 9.76. The van der Waals surface area contributed by atoms with E-state index in [0.29, 0.717) is 0 Å². The van der Waals surface area contributed by atoms with Gasteiger partial charge in [-0.3, -0.25) is 0 Å². The second kappa shape index (κ2) is 4.40. The molecule has 3 heteroatoms. The van der Waals surface area contributed by atoms with Crippen molar-refractivity contribution < 1.29 is 0 Å². The highest BCUT2D eigenvalue weighted by Crippen LogP contribution is 2.19. The molecule has 1 heterocycles. The van der Waals surface area contributed by atoms with Crippen LogP contribution >= 0.6 is 0 Å². The van der Waals surface area contributed by atoms with E-state index in [2.05, 4.69) is 42.9 Å². The van der Waals surface area contributed by atoms with Gasteiger partial charge in [0, 0.05) is 13.6 Å². The van der Waals surface area contributed by atoms with Crippen molar-refractivity contribution in [2.75, 3.05) is 18.5 Å². The van der Waals surface area contributed by atoms with E-state index >= 15 is 0 Å². The van der Waals surface area contributed by atoms with Gasteiger partial charge >= 0.3 is 0 Å². The van der Waals surface area contributed by atoms with Crippen LogP contribution in [0.2, 0.25) is 0 Å². The molecule has 1 aromatic rings. The number of hydrogen-bond acceptors (Lipinski definition) is 3. The van der Waals surface area contributed by atoms with Crippen molar-refractivity contribution in [3.8, 4) is 0 Å². The highest BCUT2D eigenvalue weighted by molar-refractivity contribution is 5.48. The minimum Gasteiger partial charge on any atom is -0.358 e. The van der Waals surface area contributed by atoms with Crippen LogP contribution in [-0.2, 0) is 0 Å². The van der Waals surface area contributed by atoms with Crippen molar-refractivity contribution in [2.24, 2.45) is 0 Å². The van der Waals surface area contributed by atoms with Crippen molar-refractivity contribution in [2.45, 2.75) is 34.1 Å². The number of aryl methyl sites for hydroxylation is 1. The number of aromatic nitrogens is 2. The molecule has 0 bridgehead atoms. The van der Waals surface area contributed by atoms with E-state index < -0.39 is 0 Å². The molecule has 0 saturated carbocycles. The van der Waals surface area contributed by atoms with Gasteiger partial charge in [-0.25, -0.2) is 0 Å². The molecule has 0 aliphatic rings. The molecule has 14 heavy (non-hydrogen) atoms. The Morgan fingerprint density at radius 3 is 2.29 bits per heavy atom. The first-order chi connectivity index (χ1) is 6.57. The lowest BCUT2D eigenvalue weighted by molar-refractivity contribution is 0.806. The third-order valence-electron chi connectivity index (χ3n) is 2.66. The standard InChI is InChI=1S/C11H19N3/c1-6-7-14(5)11-9(3)8(2)10(4)12-13-11/h6-7H2,1-5H3. The van der Waals surface area contributed by atoms with E-state index in [0.717, 1.165) is 24.5 Å². The first kappa shape index (κ1) is 11.0. The van der Waals surface area contributed by atoms with Gasteiger partial charge in [-0.15, -0.1) is 5.10 Å². The molecule has 0 aliphatic heterocycles. The number of anilines is 1. The average Bonchev–Trinajstić information content (AvgIpc) is 2.15. The summed E-state index contributed by atoms with van der Waals surface area (Å²) < 4.78 is 0. The Morgan fingerprint density at radius 2 is 1.71 bits per heavy atom. The Hall–Kier alpha value is -1.12. The highest BCUT2D eigenvalue weighted by atomic mass is 15.2. The maximum Gasteiger partial charge on any atom is 0.154 e. The largest absolute Gasteiger partial charge is 0.358 e. The van der Waals surface area contributed by atoms with Crippen molar-refractivity contribution >= 4 is 5.82 Å². The minimum atomic E-state index is 1.01. The second-order valence-corrected chi connectivity index (χ2v) is 3.78. The zero-order chi connectivity index (χ0) is 10.7. The Morgan fingerprint density at radius 1 is 1.07 bits per heavy atom. The van der Waals surface area contributed by atoms with E-state index in [1.807, 2.05) is 6.92 Å². The SMILES string of the molecule is CCCN(C)c1nnc(C)c(C)c1C. The molecule has 1 aromatic heterocycles. The molecule has 0 amide bonds. The van der Waals surface area contributed by atoms with Crippen LogP contribution in [0, 0.1) is 20.8 Å². The smallest absolute Gasteiger partial charge is 0.154 e. The van der Waals surface area contributed by atoms with Crippen molar-refractivity contribution in [1.29, 1.82) is 0 Å². The van der Waals surface area contributed by atoms with Crippen molar-refractivity contribution in [3.05, 3.63) is 16.8 Å². The molecule has 0 atom stereocenters. The fourth-order valence-corrected chi connectivity index (χ4v) is 1.52. The van der Waals surface area contributed by atoms with Gasteiger partial charge in [-0.2, -0.15) is 5.10 Å². The molecule has 0 radical (unpaired) electrons. The van der Waals surface area contributed by atoms with Gasteiger partial charge in [0.2, 0.25) is 0 Å². The molecule has 0 N–H and O–H groups in total. The Labute approximate surface area is 86.2 Å². The number of nitrogens with zero attached hydrogens (tertiary/aromatic N) is 3. The first-order valence-electron chi connectivity index (χ1n) is 5.09. The topological polar surface area (TPSA) is 29.0 Å². The Kier molecular flexibility index (Phi) is 3.44. The summed E-state index contributed by atoms with van der Waals surface area (Å²) in [5, 5.41) is 8.38. The summed E-state index contributed by atoms with van der Waals surface area (Å²) in [4.78, 5) is 2.16. The number of hydrogen-bond donors (Lipinski definition) is 0. The van der Waals surface area contributed by atoms with Gasteiger partial charge in [0.25, 0.3) is 0 Å². The third kappa shape index (κ3) is 2.03. The maximum atomic E-state index is 4.23. The van der Waals surface area contributed by atoms with Crippen LogP contribution in [0.15, 0.2) is 0 Å². The molecule has 0 aromatic carbocycles. The maximum absolute atomic E-state index is 4.23. The molecule has 0 fully saturated rings. The summed E-state index contributed by atoms with van der Waals surface area (Å²) in [6, 6.07) is 0. The van der Waals surface area contributed by atoms with Gasteiger partial charge in [0.15, 0.2) is 5.82 Å². The molecular weight excluding hydrogens is 174 g/mol. The molecular formula is C11H19N3. The summed E-state index contributed by atoms with van der Waals surface area (Å²) in [6.07, 6.45) is 1.13. The molecule has 0 aliphatic carbocycles. The zero-order valence-corrected chi connectivity index (χ0v) is 9.76. The Balaban J connectivity index is 3.04. The molecule has 0 saturated heterocycles.